The molecule has 0 radical (unpaired) electrons. The van der Waals surface area contributed by atoms with Gasteiger partial charge < -0.3 is 14.9 Å². The molecule has 3 heterocycles. The summed E-state index contributed by atoms with van der Waals surface area (Å²) >= 11 is 0. The minimum atomic E-state index is 0. The zero-order valence-electron chi connectivity index (χ0n) is 17.5. The summed E-state index contributed by atoms with van der Waals surface area (Å²) in [5, 5.41) is 25.9. The first-order valence-corrected chi connectivity index (χ1v) is 10.0. The van der Waals surface area contributed by atoms with Crippen LogP contribution < -0.4 is 4.90 Å². The molecule has 2 fully saturated rings. The summed E-state index contributed by atoms with van der Waals surface area (Å²) in [4.78, 5) is 9.17. The Labute approximate surface area is 193 Å². The Hall–Kier alpha value is -2.42. The fourth-order valence-corrected chi connectivity index (χ4v) is 4.92. The predicted molar refractivity (Wildman–Crippen MR) is 125 cm³/mol. The molecule has 8 nitrogen and oxygen atoms in total. The van der Waals surface area contributed by atoms with Crippen LogP contribution in [0.4, 0.5) is 5.95 Å². The maximum atomic E-state index is 10.5. The van der Waals surface area contributed by atoms with Crippen molar-refractivity contribution in [2.75, 3.05) is 32.1 Å². The molecular formula is C21H27Cl2N7O. The fourth-order valence-electron chi connectivity index (χ4n) is 4.92. The molecule has 2 aromatic heterocycles. The summed E-state index contributed by atoms with van der Waals surface area (Å²) in [6.07, 6.45) is 7.76. The van der Waals surface area contributed by atoms with Crippen LogP contribution in [0.15, 0.2) is 36.8 Å². The number of benzene rings is 1. The Bertz CT molecular complexity index is 997. The minimum absolute atomic E-state index is 0. The summed E-state index contributed by atoms with van der Waals surface area (Å²) < 4.78 is 0. The Balaban J connectivity index is 0.00000136. The van der Waals surface area contributed by atoms with Crippen molar-refractivity contribution >= 4 is 30.8 Å². The third-order valence-electron chi connectivity index (χ3n) is 6.42. The first-order chi connectivity index (χ1) is 14.1. The van der Waals surface area contributed by atoms with E-state index in [0.29, 0.717) is 35.1 Å². The lowest BCUT2D eigenvalue weighted by Gasteiger charge is -2.26. The quantitative estimate of drug-likeness (QED) is 0.612. The number of phenols is 1. The van der Waals surface area contributed by atoms with E-state index in [1.165, 1.54) is 12.8 Å². The van der Waals surface area contributed by atoms with Crippen molar-refractivity contribution in [3.8, 4) is 28.1 Å². The van der Waals surface area contributed by atoms with Crippen LogP contribution in [0.5, 0.6) is 5.75 Å². The third kappa shape index (κ3) is 4.33. The van der Waals surface area contributed by atoms with Gasteiger partial charge in [-0.05, 0) is 56.5 Å². The number of H-pyrrole nitrogens is 1. The SMILES string of the molecule is CN(C)[C@H]1CC[C@@H]2CN(c3ncc(-c4ccc(-c5cn[nH]c5)cc4O)nn3)C[C@@H]21.Cl.Cl. The number of aromatic hydroxyl groups is 1. The monoisotopic (exact) mass is 463 g/mol. The van der Waals surface area contributed by atoms with Gasteiger partial charge in [-0.15, -0.1) is 35.0 Å². The molecule has 1 aliphatic carbocycles. The number of nitrogens with one attached hydrogen (secondary N) is 1. The second kappa shape index (κ2) is 9.38. The second-order valence-electron chi connectivity index (χ2n) is 8.30. The van der Waals surface area contributed by atoms with E-state index in [4.69, 9.17) is 0 Å². The van der Waals surface area contributed by atoms with Crippen molar-refractivity contribution < 1.29 is 5.11 Å². The zero-order chi connectivity index (χ0) is 20.0. The van der Waals surface area contributed by atoms with Crippen LogP contribution in [-0.2, 0) is 0 Å². The Kier molecular flexibility index (Phi) is 7.03. The molecular weight excluding hydrogens is 437 g/mol. The molecule has 2 aliphatic rings. The fraction of sp³-hybridized carbons (Fsp3) is 0.429. The molecule has 1 saturated heterocycles. The zero-order valence-corrected chi connectivity index (χ0v) is 19.1. The van der Waals surface area contributed by atoms with E-state index in [1.807, 2.05) is 12.1 Å². The van der Waals surface area contributed by atoms with Crippen molar-refractivity contribution in [1.82, 2.24) is 30.3 Å². The molecule has 1 aromatic carbocycles. The molecule has 0 spiro atoms. The summed E-state index contributed by atoms with van der Waals surface area (Å²) in [5.41, 5.74) is 2.99. The van der Waals surface area contributed by atoms with Crippen LogP contribution in [0, 0.1) is 11.8 Å². The van der Waals surface area contributed by atoms with Gasteiger partial charge in [-0.2, -0.15) is 5.10 Å². The van der Waals surface area contributed by atoms with Crippen molar-refractivity contribution in [1.29, 1.82) is 0 Å². The predicted octanol–water partition coefficient (Wildman–Crippen LogP) is 3.25. The van der Waals surface area contributed by atoms with Gasteiger partial charge in [0.25, 0.3) is 0 Å². The lowest BCUT2D eigenvalue weighted by molar-refractivity contribution is 0.237. The first-order valence-electron chi connectivity index (χ1n) is 10.0. The van der Waals surface area contributed by atoms with E-state index in [9.17, 15) is 5.11 Å². The number of anilines is 1. The highest BCUT2D eigenvalue weighted by molar-refractivity contribution is 5.85. The van der Waals surface area contributed by atoms with Gasteiger partial charge in [0.15, 0.2) is 0 Å². The van der Waals surface area contributed by atoms with Gasteiger partial charge in [0.1, 0.15) is 11.4 Å². The van der Waals surface area contributed by atoms with Gasteiger partial charge in [0.2, 0.25) is 5.95 Å². The number of aromatic nitrogens is 5. The van der Waals surface area contributed by atoms with E-state index in [-0.39, 0.29) is 30.6 Å². The van der Waals surface area contributed by atoms with E-state index in [2.05, 4.69) is 49.3 Å². The normalized spacial score (nSPS) is 22.2. The van der Waals surface area contributed by atoms with Crippen LogP contribution in [0.2, 0.25) is 0 Å². The maximum Gasteiger partial charge on any atom is 0.245 e. The van der Waals surface area contributed by atoms with Crippen LogP contribution in [0.3, 0.4) is 0 Å². The first kappa shape index (κ1) is 23.2. The molecule has 166 valence electrons. The lowest BCUT2D eigenvalue weighted by atomic mass is 9.97. The number of aromatic amines is 1. The number of halogens is 2. The highest BCUT2D eigenvalue weighted by Gasteiger charge is 2.44. The smallest absolute Gasteiger partial charge is 0.245 e. The minimum Gasteiger partial charge on any atom is -0.507 e. The molecule has 2 N–H and O–H groups in total. The van der Waals surface area contributed by atoms with Crippen LogP contribution in [0.25, 0.3) is 22.4 Å². The van der Waals surface area contributed by atoms with E-state index < -0.39 is 0 Å². The molecule has 0 bridgehead atoms. The highest BCUT2D eigenvalue weighted by atomic mass is 35.5. The van der Waals surface area contributed by atoms with E-state index in [0.717, 1.165) is 24.2 Å². The standard InChI is InChI=1S/C21H25N7O.2ClH/c1-27(2)19-6-4-14-11-28(12-17(14)19)21-22-10-18(25-26-21)16-5-3-13(7-20(16)29)15-8-23-24-9-15;;/h3,5,7-10,14,17,19,29H,4,6,11-12H2,1-2H3,(H,23,24);2*1H/t14-,17+,19+;;/m1../s1. The van der Waals surface area contributed by atoms with Crippen molar-refractivity contribution in [2.45, 2.75) is 18.9 Å². The number of fused-ring (bicyclic) bond motifs is 1. The van der Waals surface area contributed by atoms with Gasteiger partial charge >= 0.3 is 0 Å². The molecule has 5 rings (SSSR count). The van der Waals surface area contributed by atoms with Gasteiger partial charge in [-0.3, -0.25) is 5.10 Å². The summed E-state index contributed by atoms with van der Waals surface area (Å²) in [6, 6.07) is 6.12. The van der Waals surface area contributed by atoms with Gasteiger partial charge in [-0.25, -0.2) is 4.98 Å². The van der Waals surface area contributed by atoms with E-state index in [1.54, 1.807) is 24.7 Å². The summed E-state index contributed by atoms with van der Waals surface area (Å²) in [6.45, 7) is 1.99. The number of rotatable bonds is 4. The lowest BCUT2D eigenvalue weighted by Crippen LogP contribution is -2.35. The van der Waals surface area contributed by atoms with Gasteiger partial charge in [-0.1, -0.05) is 6.07 Å². The van der Waals surface area contributed by atoms with Crippen LogP contribution in [-0.4, -0.2) is 68.6 Å². The van der Waals surface area contributed by atoms with Crippen molar-refractivity contribution in [3.05, 3.63) is 36.8 Å². The summed E-state index contributed by atoms with van der Waals surface area (Å²) in [7, 11) is 4.35. The molecule has 3 aromatic rings. The Morgan fingerprint density at radius 1 is 1.06 bits per heavy atom. The number of phenolic OH excluding ortho intramolecular Hbond substituents is 1. The molecule has 0 amide bonds. The summed E-state index contributed by atoms with van der Waals surface area (Å²) in [5.74, 6) is 2.21. The average Bonchev–Trinajstić information content (AvgIpc) is 3.45. The maximum absolute atomic E-state index is 10.5. The topological polar surface area (TPSA) is 94.1 Å². The second-order valence-corrected chi connectivity index (χ2v) is 8.30. The molecule has 10 heteroatoms. The third-order valence-corrected chi connectivity index (χ3v) is 6.42. The molecule has 1 saturated carbocycles. The van der Waals surface area contributed by atoms with Crippen molar-refractivity contribution in [3.63, 3.8) is 0 Å². The number of hydrogen-bond donors (Lipinski definition) is 2. The molecule has 3 atom stereocenters. The largest absolute Gasteiger partial charge is 0.507 e. The van der Waals surface area contributed by atoms with Crippen LogP contribution >= 0.6 is 24.8 Å². The Morgan fingerprint density at radius 3 is 2.55 bits per heavy atom. The Morgan fingerprint density at radius 2 is 1.90 bits per heavy atom. The molecule has 0 unspecified atom stereocenters. The van der Waals surface area contributed by atoms with Gasteiger partial charge in [0, 0.05) is 36.5 Å². The number of hydrogen-bond acceptors (Lipinski definition) is 7. The average molecular weight is 464 g/mol. The van der Waals surface area contributed by atoms with Crippen molar-refractivity contribution in [2.24, 2.45) is 11.8 Å². The van der Waals surface area contributed by atoms with Gasteiger partial charge in [0.05, 0.1) is 12.4 Å². The van der Waals surface area contributed by atoms with Crippen LogP contribution in [0.1, 0.15) is 12.8 Å². The molecule has 1 aliphatic heterocycles. The number of nitrogens with zero attached hydrogens (tertiary/aromatic N) is 6. The highest BCUT2D eigenvalue weighted by Crippen LogP contribution is 2.41. The molecule has 31 heavy (non-hydrogen) atoms. The van der Waals surface area contributed by atoms with E-state index >= 15 is 0 Å².